The highest BCUT2D eigenvalue weighted by atomic mass is 32.2. The molecule has 1 rings (SSSR count). The predicted octanol–water partition coefficient (Wildman–Crippen LogP) is 1.55. The summed E-state index contributed by atoms with van der Waals surface area (Å²) in [5, 5.41) is 12.7. The molecule has 2 N–H and O–H groups in total. The van der Waals surface area contributed by atoms with Gasteiger partial charge in [-0.3, -0.25) is 4.79 Å². The fraction of sp³-hybridized carbons (Fsp3) is 0.500. The van der Waals surface area contributed by atoms with Gasteiger partial charge in [0.05, 0.1) is 5.03 Å². The van der Waals surface area contributed by atoms with Crippen molar-refractivity contribution in [3.05, 3.63) is 23.9 Å². The van der Waals surface area contributed by atoms with Gasteiger partial charge < -0.3 is 10.4 Å². The second-order valence-electron chi connectivity index (χ2n) is 4.01. The van der Waals surface area contributed by atoms with Gasteiger partial charge in [0.15, 0.2) is 0 Å². The number of nitrogens with zero attached hydrogens (tertiary/aromatic N) is 1. The van der Waals surface area contributed by atoms with Crippen LogP contribution in [0.25, 0.3) is 0 Å². The van der Waals surface area contributed by atoms with E-state index in [4.69, 9.17) is 5.11 Å². The van der Waals surface area contributed by atoms with Crippen LogP contribution in [-0.4, -0.2) is 34.9 Å². The summed E-state index contributed by atoms with van der Waals surface area (Å²) in [6.07, 6.45) is 3.54. The average molecular weight is 254 g/mol. The molecule has 1 aromatic heterocycles. The second kappa shape index (κ2) is 6.61. The molecule has 4 nitrogen and oxygen atoms in total. The Morgan fingerprint density at radius 2 is 2.29 bits per heavy atom. The van der Waals surface area contributed by atoms with Crippen LogP contribution in [0.3, 0.4) is 0 Å². The smallest absolute Gasteiger partial charge is 0.251 e. The number of carbonyl (C=O) groups is 1. The lowest BCUT2D eigenvalue weighted by atomic mass is 10.0. The topological polar surface area (TPSA) is 62.2 Å². The van der Waals surface area contributed by atoms with Crippen LogP contribution in [0, 0.1) is 5.92 Å². The maximum Gasteiger partial charge on any atom is 0.251 e. The van der Waals surface area contributed by atoms with Crippen molar-refractivity contribution >= 4 is 17.7 Å². The zero-order chi connectivity index (χ0) is 12.8. The molecule has 0 saturated heterocycles. The largest absolute Gasteiger partial charge is 0.396 e. The Kier molecular flexibility index (Phi) is 5.44. The van der Waals surface area contributed by atoms with Crippen LogP contribution in [-0.2, 0) is 0 Å². The summed E-state index contributed by atoms with van der Waals surface area (Å²) in [6, 6.07) is 3.39. The maximum atomic E-state index is 11.9. The first-order chi connectivity index (χ1) is 8.08. The number of aliphatic hydroxyl groups is 1. The second-order valence-corrected chi connectivity index (χ2v) is 4.84. The number of aromatic nitrogens is 1. The van der Waals surface area contributed by atoms with E-state index in [0.29, 0.717) is 5.56 Å². The molecule has 0 aliphatic carbocycles. The van der Waals surface area contributed by atoms with E-state index in [1.54, 1.807) is 18.3 Å². The van der Waals surface area contributed by atoms with Crippen molar-refractivity contribution in [2.45, 2.75) is 24.9 Å². The molecule has 0 bridgehead atoms. The first kappa shape index (κ1) is 14.0. The van der Waals surface area contributed by atoms with E-state index in [1.807, 2.05) is 20.1 Å². The standard InChI is InChI=1S/C12H18N2O2S/c1-8(7-15)9(2)14-12(16)10-4-5-13-11(6-10)17-3/h4-6,8-9,15H,7H2,1-3H3,(H,14,16). The summed E-state index contributed by atoms with van der Waals surface area (Å²) < 4.78 is 0. The van der Waals surface area contributed by atoms with E-state index in [2.05, 4.69) is 10.3 Å². The van der Waals surface area contributed by atoms with Gasteiger partial charge in [0.1, 0.15) is 0 Å². The third kappa shape index (κ3) is 4.02. The minimum Gasteiger partial charge on any atom is -0.396 e. The number of thioether (sulfide) groups is 1. The van der Waals surface area contributed by atoms with Crippen molar-refractivity contribution in [1.82, 2.24) is 10.3 Å². The Balaban J connectivity index is 2.69. The molecule has 1 heterocycles. The van der Waals surface area contributed by atoms with Crippen molar-refractivity contribution in [2.24, 2.45) is 5.92 Å². The molecule has 0 aliphatic rings. The summed E-state index contributed by atoms with van der Waals surface area (Å²) in [5.74, 6) is -0.0868. The summed E-state index contributed by atoms with van der Waals surface area (Å²) in [7, 11) is 0. The SMILES string of the molecule is CSc1cc(C(=O)NC(C)C(C)CO)ccn1. The minimum atomic E-state index is -0.129. The van der Waals surface area contributed by atoms with Crippen LogP contribution in [0.5, 0.6) is 0 Å². The number of hydrogen-bond acceptors (Lipinski definition) is 4. The number of pyridine rings is 1. The Hall–Kier alpha value is -1.07. The third-order valence-corrected chi connectivity index (χ3v) is 3.35. The highest BCUT2D eigenvalue weighted by Gasteiger charge is 2.15. The van der Waals surface area contributed by atoms with Gasteiger partial charge >= 0.3 is 0 Å². The van der Waals surface area contributed by atoms with Crippen LogP contribution in [0.4, 0.5) is 0 Å². The number of aliphatic hydroxyl groups excluding tert-OH is 1. The fourth-order valence-electron chi connectivity index (χ4n) is 1.25. The molecular formula is C12H18N2O2S. The van der Waals surface area contributed by atoms with Gasteiger partial charge in [0.2, 0.25) is 0 Å². The molecule has 5 heteroatoms. The van der Waals surface area contributed by atoms with Gasteiger partial charge in [0, 0.05) is 24.4 Å². The van der Waals surface area contributed by atoms with Gasteiger partial charge in [-0.1, -0.05) is 6.92 Å². The van der Waals surface area contributed by atoms with E-state index in [9.17, 15) is 4.79 Å². The fourth-order valence-corrected chi connectivity index (χ4v) is 1.66. The number of carbonyl (C=O) groups excluding carboxylic acids is 1. The van der Waals surface area contributed by atoms with Crippen molar-refractivity contribution in [1.29, 1.82) is 0 Å². The zero-order valence-electron chi connectivity index (χ0n) is 10.3. The van der Waals surface area contributed by atoms with Crippen molar-refractivity contribution in [3.8, 4) is 0 Å². The van der Waals surface area contributed by atoms with Gasteiger partial charge in [-0.2, -0.15) is 0 Å². The maximum absolute atomic E-state index is 11.9. The lowest BCUT2D eigenvalue weighted by Crippen LogP contribution is -2.38. The number of rotatable bonds is 5. The summed E-state index contributed by atoms with van der Waals surface area (Å²) >= 11 is 1.50. The molecule has 0 aromatic carbocycles. The van der Waals surface area contributed by atoms with Crippen LogP contribution >= 0.6 is 11.8 Å². The Morgan fingerprint density at radius 3 is 2.88 bits per heavy atom. The first-order valence-corrected chi connectivity index (χ1v) is 6.72. The Morgan fingerprint density at radius 1 is 1.59 bits per heavy atom. The van der Waals surface area contributed by atoms with Crippen molar-refractivity contribution in [3.63, 3.8) is 0 Å². The van der Waals surface area contributed by atoms with Crippen LogP contribution < -0.4 is 5.32 Å². The van der Waals surface area contributed by atoms with Crippen molar-refractivity contribution < 1.29 is 9.90 Å². The summed E-state index contributed by atoms with van der Waals surface area (Å²) in [5.41, 5.74) is 0.598. The Labute approximate surface area is 106 Å². The van der Waals surface area contributed by atoms with Gasteiger partial charge in [0.25, 0.3) is 5.91 Å². The summed E-state index contributed by atoms with van der Waals surface area (Å²) in [4.78, 5) is 16.0. The van der Waals surface area contributed by atoms with Gasteiger partial charge in [-0.25, -0.2) is 4.98 Å². The number of hydrogen-bond donors (Lipinski definition) is 2. The molecular weight excluding hydrogens is 236 g/mol. The minimum absolute atomic E-state index is 0.0424. The predicted molar refractivity (Wildman–Crippen MR) is 69.2 cm³/mol. The molecule has 17 heavy (non-hydrogen) atoms. The normalized spacial score (nSPS) is 14.1. The number of nitrogens with one attached hydrogen (secondary N) is 1. The van der Waals surface area contributed by atoms with Crippen LogP contribution in [0.2, 0.25) is 0 Å². The molecule has 0 aliphatic heterocycles. The molecule has 1 aromatic rings. The highest BCUT2D eigenvalue weighted by molar-refractivity contribution is 7.98. The van der Waals surface area contributed by atoms with E-state index in [1.165, 1.54) is 11.8 Å². The first-order valence-electron chi connectivity index (χ1n) is 5.50. The van der Waals surface area contributed by atoms with Gasteiger partial charge in [-0.15, -0.1) is 11.8 Å². The average Bonchev–Trinajstić information content (AvgIpc) is 2.37. The number of amides is 1. The van der Waals surface area contributed by atoms with E-state index in [0.717, 1.165) is 5.03 Å². The van der Waals surface area contributed by atoms with Gasteiger partial charge in [-0.05, 0) is 31.2 Å². The third-order valence-electron chi connectivity index (χ3n) is 2.71. The molecule has 0 spiro atoms. The molecule has 0 saturated carbocycles. The van der Waals surface area contributed by atoms with Crippen LogP contribution in [0.15, 0.2) is 23.4 Å². The van der Waals surface area contributed by atoms with E-state index < -0.39 is 0 Å². The van der Waals surface area contributed by atoms with Crippen molar-refractivity contribution in [2.75, 3.05) is 12.9 Å². The van der Waals surface area contributed by atoms with E-state index in [-0.39, 0.29) is 24.5 Å². The zero-order valence-corrected chi connectivity index (χ0v) is 11.1. The lowest BCUT2D eigenvalue weighted by Gasteiger charge is -2.19. The molecule has 94 valence electrons. The Bertz CT molecular complexity index is 385. The lowest BCUT2D eigenvalue weighted by molar-refractivity contribution is 0.0916. The molecule has 0 radical (unpaired) electrons. The quantitative estimate of drug-likeness (QED) is 0.783. The summed E-state index contributed by atoms with van der Waals surface area (Å²) in [6.45, 7) is 3.84. The van der Waals surface area contributed by atoms with E-state index >= 15 is 0 Å². The molecule has 2 atom stereocenters. The molecule has 0 fully saturated rings. The molecule has 1 amide bonds. The highest BCUT2D eigenvalue weighted by Crippen LogP contribution is 2.13. The van der Waals surface area contributed by atoms with Crippen LogP contribution in [0.1, 0.15) is 24.2 Å². The molecule has 2 unspecified atom stereocenters. The monoisotopic (exact) mass is 254 g/mol.